The first kappa shape index (κ1) is 17.2. The number of hydrogen-bond acceptors (Lipinski definition) is 2. The fourth-order valence-electron chi connectivity index (χ4n) is 2.83. The summed E-state index contributed by atoms with van der Waals surface area (Å²) < 4.78 is 20.7. The van der Waals surface area contributed by atoms with Gasteiger partial charge in [-0.1, -0.05) is 42.5 Å². The van der Waals surface area contributed by atoms with Crippen LogP contribution in [0, 0.1) is 0 Å². The number of hydrogen-bond donors (Lipinski definition) is 0. The lowest BCUT2D eigenvalue weighted by Crippen LogP contribution is -2.25. The Hall–Kier alpha value is -1.65. The third-order valence-corrected chi connectivity index (χ3v) is 5.01. The van der Waals surface area contributed by atoms with E-state index in [-0.39, 0.29) is 5.83 Å². The third kappa shape index (κ3) is 4.46. The first-order chi connectivity index (χ1) is 11.7. The number of halogens is 2. The van der Waals surface area contributed by atoms with Crippen LogP contribution in [-0.4, -0.2) is 31.1 Å². The summed E-state index contributed by atoms with van der Waals surface area (Å²) in [5.41, 5.74) is 1.36. The second-order valence-corrected chi connectivity index (χ2v) is 6.71. The van der Waals surface area contributed by atoms with Gasteiger partial charge in [0, 0.05) is 12.1 Å². The Morgan fingerprint density at radius 3 is 2.29 bits per heavy atom. The third-order valence-electron chi connectivity index (χ3n) is 4.20. The van der Waals surface area contributed by atoms with Crippen LogP contribution in [0.2, 0.25) is 0 Å². The second kappa shape index (κ2) is 8.45. The molecule has 0 atom stereocenters. The van der Waals surface area contributed by atoms with Gasteiger partial charge in [0.05, 0.1) is 4.48 Å². The summed E-state index contributed by atoms with van der Waals surface area (Å²) in [5, 5.41) is 0. The van der Waals surface area contributed by atoms with E-state index in [0.29, 0.717) is 16.7 Å². The van der Waals surface area contributed by atoms with Crippen molar-refractivity contribution in [3.8, 4) is 5.75 Å². The molecule has 4 heteroatoms. The van der Waals surface area contributed by atoms with Gasteiger partial charge >= 0.3 is 0 Å². The standard InChI is InChI=1S/C20H21BrFNO/c21-19(20(22)17-6-2-1-3-7-17)16-8-10-18(11-9-16)24-15-14-23-12-4-5-13-23/h1-3,6-11H,4-5,12-15H2/b20-19+. The zero-order valence-electron chi connectivity index (χ0n) is 13.6. The van der Waals surface area contributed by atoms with Crippen molar-refractivity contribution in [2.75, 3.05) is 26.2 Å². The van der Waals surface area contributed by atoms with Crippen molar-refractivity contribution >= 4 is 26.2 Å². The molecular formula is C20H21BrFNO. The van der Waals surface area contributed by atoms with Crippen molar-refractivity contribution in [3.63, 3.8) is 0 Å². The summed E-state index contributed by atoms with van der Waals surface area (Å²) in [7, 11) is 0. The Morgan fingerprint density at radius 1 is 0.958 bits per heavy atom. The number of ether oxygens (including phenoxy) is 1. The number of likely N-dealkylation sites (tertiary alicyclic amines) is 1. The predicted molar refractivity (Wildman–Crippen MR) is 101 cm³/mol. The Balaban J connectivity index is 1.61. The van der Waals surface area contributed by atoms with Crippen molar-refractivity contribution in [2.24, 2.45) is 0 Å². The topological polar surface area (TPSA) is 12.5 Å². The summed E-state index contributed by atoms with van der Waals surface area (Å²) in [4.78, 5) is 2.42. The Bertz CT molecular complexity index is 679. The first-order valence-corrected chi connectivity index (χ1v) is 9.09. The van der Waals surface area contributed by atoms with Gasteiger partial charge in [0.2, 0.25) is 0 Å². The van der Waals surface area contributed by atoms with E-state index in [1.165, 1.54) is 25.9 Å². The SMILES string of the molecule is F/C(=C(/Br)c1ccc(OCCN2CCCC2)cc1)c1ccccc1. The molecule has 0 aromatic heterocycles. The smallest absolute Gasteiger partial charge is 0.145 e. The van der Waals surface area contributed by atoms with Crippen molar-refractivity contribution < 1.29 is 9.13 Å². The van der Waals surface area contributed by atoms with Crippen LogP contribution < -0.4 is 4.74 Å². The van der Waals surface area contributed by atoms with Crippen molar-refractivity contribution in [1.82, 2.24) is 4.90 Å². The molecule has 1 fully saturated rings. The molecule has 0 amide bonds. The second-order valence-electron chi connectivity index (χ2n) is 5.92. The molecular weight excluding hydrogens is 369 g/mol. The van der Waals surface area contributed by atoms with Crippen LogP contribution in [0.5, 0.6) is 5.75 Å². The van der Waals surface area contributed by atoms with Crippen LogP contribution >= 0.6 is 15.9 Å². The Morgan fingerprint density at radius 2 is 1.62 bits per heavy atom. The molecule has 1 aliphatic heterocycles. The van der Waals surface area contributed by atoms with E-state index in [9.17, 15) is 4.39 Å². The van der Waals surface area contributed by atoms with Crippen LogP contribution in [0.4, 0.5) is 4.39 Å². The number of nitrogens with zero attached hydrogens (tertiary/aromatic N) is 1. The molecule has 2 aromatic rings. The molecule has 2 aromatic carbocycles. The van der Waals surface area contributed by atoms with Crippen LogP contribution in [0.25, 0.3) is 10.3 Å². The quantitative estimate of drug-likeness (QED) is 0.617. The largest absolute Gasteiger partial charge is 0.492 e. The number of benzene rings is 2. The van der Waals surface area contributed by atoms with Gasteiger partial charge in [-0.2, -0.15) is 0 Å². The summed E-state index contributed by atoms with van der Waals surface area (Å²) in [6.45, 7) is 4.01. The highest BCUT2D eigenvalue weighted by atomic mass is 79.9. The maximum Gasteiger partial charge on any atom is 0.145 e. The average molecular weight is 390 g/mol. The highest BCUT2D eigenvalue weighted by Gasteiger charge is 2.11. The van der Waals surface area contributed by atoms with E-state index in [4.69, 9.17) is 4.74 Å². The van der Waals surface area contributed by atoms with Crippen LogP contribution in [0.3, 0.4) is 0 Å². The van der Waals surface area contributed by atoms with Crippen LogP contribution in [-0.2, 0) is 0 Å². The molecule has 2 nitrogen and oxygen atoms in total. The molecule has 126 valence electrons. The zero-order chi connectivity index (χ0) is 16.8. The molecule has 0 unspecified atom stereocenters. The molecule has 0 spiro atoms. The molecule has 0 saturated carbocycles. The lowest BCUT2D eigenvalue weighted by atomic mass is 10.1. The minimum Gasteiger partial charge on any atom is -0.492 e. The van der Waals surface area contributed by atoms with Gasteiger partial charge in [-0.3, -0.25) is 4.90 Å². The van der Waals surface area contributed by atoms with E-state index in [2.05, 4.69) is 20.8 Å². The average Bonchev–Trinajstić information content (AvgIpc) is 3.15. The normalized spacial score (nSPS) is 16.1. The van der Waals surface area contributed by atoms with Gasteiger partial charge in [-0.15, -0.1) is 0 Å². The van der Waals surface area contributed by atoms with Gasteiger partial charge in [-0.05, 0) is 59.6 Å². The fraction of sp³-hybridized carbons (Fsp3) is 0.300. The summed E-state index contributed by atoms with van der Waals surface area (Å²) >= 11 is 3.37. The maximum absolute atomic E-state index is 14.5. The summed E-state index contributed by atoms with van der Waals surface area (Å²) in [5.74, 6) is 0.552. The molecule has 0 N–H and O–H groups in total. The van der Waals surface area contributed by atoms with Gasteiger partial charge in [0.25, 0.3) is 0 Å². The fourth-order valence-corrected chi connectivity index (χ4v) is 3.33. The molecule has 1 aliphatic rings. The molecule has 0 aliphatic carbocycles. The summed E-state index contributed by atoms with van der Waals surface area (Å²) in [6, 6.07) is 16.6. The van der Waals surface area contributed by atoms with E-state index in [1.807, 2.05) is 42.5 Å². The molecule has 3 rings (SSSR count). The van der Waals surface area contributed by atoms with Gasteiger partial charge in [0.15, 0.2) is 0 Å². The monoisotopic (exact) mass is 389 g/mol. The van der Waals surface area contributed by atoms with Gasteiger partial charge < -0.3 is 4.74 Å². The Kier molecular flexibility index (Phi) is 6.05. The van der Waals surface area contributed by atoms with E-state index >= 15 is 0 Å². The van der Waals surface area contributed by atoms with Crippen molar-refractivity contribution in [3.05, 3.63) is 65.7 Å². The number of rotatable bonds is 6. The van der Waals surface area contributed by atoms with Gasteiger partial charge in [0.1, 0.15) is 18.2 Å². The van der Waals surface area contributed by atoms with Crippen molar-refractivity contribution in [2.45, 2.75) is 12.8 Å². The van der Waals surface area contributed by atoms with E-state index in [1.54, 1.807) is 12.1 Å². The first-order valence-electron chi connectivity index (χ1n) is 8.30. The Labute approximate surface area is 151 Å². The minimum absolute atomic E-state index is 0.265. The van der Waals surface area contributed by atoms with Gasteiger partial charge in [-0.25, -0.2) is 4.39 Å². The molecule has 0 radical (unpaired) electrons. The lowest BCUT2D eigenvalue weighted by molar-refractivity contribution is 0.238. The van der Waals surface area contributed by atoms with E-state index in [0.717, 1.165) is 17.9 Å². The lowest BCUT2D eigenvalue weighted by Gasteiger charge is -2.15. The maximum atomic E-state index is 14.5. The van der Waals surface area contributed by atoms with E-state index < -0.39 is 0 Å². The van der Waals surface area contributed by atoms with Crippen LogP contribution in [0.1, 0.15) is 24.0 Å². The minimum atomic E-state index is -0.265. The van der Waals surface area contributed by atoms with Crippen molar-refractivity contribution in [1.29, 1.82) is 0 Å². The van der Waals surface area contributed by atoms with Crippen LogP contribution in [0.15, 0.2) is 54.6 Å². The highest BCUT2D eigenvalue weighted by molar-refractivity contribution is 9.15. The molecule has 1 saturated heterocycles. The summed E-state index contributed by atoms with van der Waals surface area (Å²) in [6.07, 6.45) is 2.59. The zero-order valence-corrected chi connectivity index (χ0v) is 15.1. The molecule has 1 heterocycles. The highest BCUT2D eigenvalue weighted by Crippen LogP contribution is 2.32. The molecule has 0 bridgehead atoms. The predicted octanol–water partition coefficient (Wildman–Crippen LogP) is 5.35. The molecule has 24 heavy (non-hydrogen) atoms.